The first-order valence-corrected chi connectivity index (χ1v) is 6.59. The number of rotatable bonds is 1. The Kier molecular flexibility index (Phi) is 2.56. The molecular weight excluding hydrogens is 246 g/mol. The summed E-state index contributed by atoms with van der Waals surface area (Å²) in [7, 11) is 1.80. The molecule has 1 unspecified atom stereocenters. The molecule has 1 aromatic heterocycles. The highest BCUT2D eigenvalue weighted by Gasteiger charge is 2.31. The topological polar surface area (TPSA) is 45.2 Å². The van der Waals surface area contributed by atoms with Gasteiger partial charge in [0.15, 0.2) is 0 Å². The summed E-state index contributed by atoms with van der Waals surface area (Å²) in [4.78, 5) is 18.4. The zero-order valence-electron chi connectivity index (χ0n) is 10.2. The highest BCUT2D eigenvalue weighted by Crippen LogP contribution is 2.31. The van der Waals surface area contributed by atoms with Crippen LogP contribution in [0.15, 0.2) is 29.6 Å². The molecule has 0 fully saturated rings. The Morgan fingerprint density at radius 2 is 2.17 bits per heavy atom. The van der Waals surface area contributed by atoms with E-state index in [9.17, 15) is 4.79 Å². The van der Waals surface area contributed by atoms with Crippen molar-refractivity contribution in [1.29, 1.82) is 0 Å². The third-order valence-electron chi connectivity index (χ3n) is 3.07. The van der Waals surface area contributed by atoms with Gasteiger partial charge < -0.3 is 10.2 Å². The van der Waals surface area contributed by atoms with Gasteiger partial charge in [0.05, 0.1) is 16.3 Å². The number of aryl methyl sites for hydroxylation is 1. The summed E-state index contributed by atoms with van der Waals surface area (Å²) >= 11 is 1.59. The van der Waals surface area contributed by atoms with Gasteiger partial charge in [0.25, 0.3) is 5.91 Å². The van der Waals surface area contributed by atoms with Crippen LogP contribution in [-0.2, 0) is 0 Å². The molecule has 1 N–H and O–H groups in total. The van der Waals surface area contributed by atoms with E-state index in [1.54, 1.807) is 23.3 Å². The first-order chi connectivity index (χ1) is 8.66. The van der Waals surface area contributed by atoms with Crippen LogP contribution in [0.25, 0.3) is 0 Å². The van der Waals surface area contributed by atoms with Gasteiger partial charge in [-0.3, -0.25) is 4.79 Å². The number of carbonyl (C=O) groups excluding carboxylic acids is 1. The van der Waals surface area contributed by atoms with Gasteiger partial charge in [-0.05, 0) is 19.1 Å². The van der Waals surface area contributed by atoms with Gasteiger partial charge in [0, 0.05) is 18.1 Å². The van der Waals surface area contributed by atoms with Crippen LogP contribution in [0.5, 0.6) is 0 Å². The second-order valence-electron chi connectivity index (χ2n) is 4.30. The molecule has 3 rings (SSSR count). The van der Waals surface area contributed by atoms with Crippen molar-refractivity contribution in [3.05, 3.63) is 45.9 Å². The summed E-state index contributed by atoms with van der Waals surface area (Å²) in [6.45, 7) is 1.97. The predicted octanol–water partition coefficient (Wildman–Crippen LogP) is 2.65. The number of hydrogen-bond acceptors (Lipinski definition) is 4. The van der Waals surface area contributed by atoms with Gasteiger partial charge in [-0.2, -0.15) is 0 Å². The summed E-state index contributed by atoms with van der Waals surface area (Å²) in [5.74, 6) is 0.0278. The Hall–Kier alpha value is -1.88. The van der Waals surface area contributed by atoms with Crippen LogP contribution in [0.2, 0.25) is 0 Å². The van der Waals surface area contributed by atoms with E-state index in [-0.39, 0.29) is 12.1 Å². The molecule has 0 saturated carbocycles. The fourth-order valence-corrected chi connectivity index (χ4v) is 2.76. The second-order valence-corrected chi connectivity index (χ2v) is 5.36. The molecule has 1 aromatic carbocycles. The van der Waals surface area contributed by atoms with Gasteiger partial charge in [-0.25, -0.2) is 4.98 Å². The van der Waals surface area contributed by atoms with Crippen LogP contribution >= 0.6 is 11.3 Å². The Morgan fingerprint density at radius 1 is 1.39 bits per heavy atom. The maximum atomic E-state index is 12.3. The minimum Gasteiger partial charge on any atom is -0.359 e. The van der Waals surface area contributed by atoms with E-state index in [4.69, 9.17) is 0 Å². The van der Waals surface area contributed by atoms with Crippen molar-refractivity contribution in [3.63, 3.8) is 0 Å². The van der Waals surface area contributed by atoms with Crippen molar-refractivity contribution < 1.29 is 4.79 Å². The van der Waals surface area contributed by atoms with Crippen molar-refractivity contribution in [3.8, 4) is 0 Å². The third-order valence-corrected chi connectivity index (χ3v) is 3.87. The van der Waals surface area contributed by atoms with Crippen molar-refractivity contribution in [2.45, 2.75) is 13.1 Å². The molecule has 2 heterocycles. The van der Waals surface area contributed by atoms with Crippen molar-refractivity contribution in [1.82, 2.24) is 9.88 Å². The molecular formula is C13H13N3OS. The summed E-state index contributed by atoms with van der Waals surface area (Å²) in [5.41, 5.74) is 2.47. The van der Waals surface area contributed by atoms with Crippen LogP contribution in [-0.4, -0.2) is 22.8 Å². The smallest absolute Gasteiger partial charge is 0.257 e. The number of nitrogens with one attached hydrogen (secondary N) is 1. The van der Waals surface area contributed by atoms with E-state index >= 15 is 0 Å². The molecule has 0 bridgehead atoms. The highest BCUT2D eigenvalue weighted by molar-refractivity contribution is 7.09. The minimum atomic E-state index is -0.183. The number of nitrogens with zero attached hydrogens (tertiary/aromatic N) is 2. The first kappa shape index (κ1) is 11.2. The van der Waals surface area contributed by atoms with Gasteiger partial charge in [0.1, 0.15) is 6.17 Å². The average Bonchev–Trinajstić information content (AvgIpc) is 2.80. The third kappa shape index (κ3) is 1.67. The lowest BCUT2D eigenvalue weighted by atomic mass is 10.1. The lowest BCUT2D eigenvalue weighted by Gasteiger charge is -2.34. The molecule has 5 heteroatoms. The number of carbonyl (C=O) groups is 1. The monoisotopic (exact) mass is 259 g/mol. The molecule has 4 nitrogen and oxygen atoms in total. The molecule has 0 saturated heterocycles. The fraction of sp³-hybridized carbons (Fsp3) is 0.231. The zero-order valence-corrected chi connectivity index (χ0v) is 11.0. The summed E-state index contributed by atoms with van der Waals surface area (Å²) in [6, 6.07) is 7.56. The predicted molar refractivity (Wildman–Crippen MR) is 71.8 cm³/mol. The van der Waals surface area contributed by atoms with Crippen LogP contribution in [0.1, 0.15) is 27.2 Å². The molecule has 1 amide bonds. The number of anilines is 1. The Labute approximate surface area is 109 Å². The number of para-hydroxylation sites is 1. The van der Waals surface area contributed by atoms with Gasteiger partial charge >= 0.3 is 0 Å². The van der Waals surface area contributed by atoms with E-state index in [2.05, 4.69) is 10.3 Å². The van der Waals surface area contributed by atoms with E-state index < -0.39 is 0 Å². The van der Waals surface area contributed by atoms with Gasteiger partial charge in [-0.1, -0.05) is 12.1 Å². The molecule has 2 aromatic rings. The Bertz CT molecular complexity index is 608. The number of fused-ring (bicyclic) bond motifs is 1. The number of amides is 1. The van der Waals surface area contributed by atoms with Crippen molar-refractivity contribution in [2.75, 3.05) is 12.4 Å². The number of thiazole rings is 1. The fourth-order valence-electron chi connectivity index (χ4n) is 2.12. The van der Waals surface area contributed by atoms with Gasteiger partial charge in [-0.15, -0.1) is 11.3 Å². The summed E-state index contributed by atoms with van der Waals surface area (Å²) in [6.07, 6.45) is -0.183. The standard InChI is InChI=1S/C13H13N3OS/c1-8-14-11(7-18-8)12-15-10-6-4-3-5-9(10)13(17)16(12)2/h3-7,12,15H,1-2H3. The Morgan fingerprint density at radius 3 is 2.89 bits per heavy atom. The summed E-state index contributed by atoms with van der Waals surface area (Å²) in [5, 5.41) is 6.35. The quantitative estimate of drug-likeness (QED) is 0.856. The zero-order chi connectivity index (χ0) is 12.7. The highest BCUT2D eigenvalue weighted by atomic mass is 32.1. The normalized spacial score (nSPS) is 18.4. The molecule has 1 aliphatic heterocycles. The maximum Gasteiger partial charge on any atom is 0.257 e. The lowest BCUT2D eigenvalue weighted by Crippen LogP contribution is -2.40. The van der Waals surface area contributed by atoms with Crippen LogP contribution in [0.3, 0.4) is 0 Å². The Balaban J connectivity index is 2.03. The van der Waals surface area contributed by atoms with Crippen LogP contribution < -0.4 is 5.32 Å². The van der Waals surface area contributed by atoms with E-state index in [0.29, 0.717) is 5.56 Å². The number of aromatic nitrogens is 1. The van der Waals surface area contributed by atoms with Crippen molar-refractivity contribution >= 4 is 22.9 Å². The van der Waals surface area contributed by atoms with Crippen LogP contribution in [0.4, 0.5) is 5.69 Å². The summed E-state index contributed by atoms with van der Waals surface area (Å²) < 4.78 is 0. The van der Waals surface area contributed by atoms with E-state index in [1.807, 2.05) is 36.6 Å². The average molecular weight is 259 g/mol. The molecule has 1 atom stereocenters. The minimum absolute atomic E-state index is 0.0278. The van der Waals surface area contributed by atoms with Crippen molar-refractivity contribution in [2.24, 2.45) is 0 Å². The van der Waals surface area contributed by atoms with Crippen LogP contribution in [0, 0.1) is 6.92 Å². The number of benzene rings is 1. The molecule has 0 radical (unpaired) electrons. The second kappa shape index (κ2) is 4.10. The maximum absolute atomic E-state index is 12.3. The first-order valence-electron chi connectivity index (χ1n) is 5.71. The molecule has 1 aliphatic rings. The number of hydrogen-bond donors (Lipinski definition) is 1. The molecule has 0 aliphatic carbocycles. The molecule has 18 heavy (non-hydrogen) atoms. The molecule has 92 valence electrons. The van der Waals surface area contributed by atoms with E-state index in [0.717, 1.165) is 16.4 Å². The van der Waals surface area contributed by atoms with Gasteiger partial charge in [0.2, 0.25) is 0 Å². The van der Waals surface area contributed by atoms with E-state index in [1.165, 1.54) is 0 Å². The lowest BCUT2D eigenvalue weighted by molar-refractivity contribution is 0.0733. The molecule has 0 spiro atoms. The SMILES string of the molecule is Cc1nc(C2Nc3ccccc3C(=O)N2C)cs1. The largest absolute Gasteiger partial charge is 0.359 e.